The van der Waals surface area contributed by atoms with E-state index in [1.165, 1.54) is 0 Å². The third kappa shape index (κ3) is 3.20. The Kier molecular flexibility index (Phi) is 4.93. The summed E-state index contributed by atoms with van der Waals surface area (Å²) in [6.07, 6.45) is 0.601. The topological polar surface area (TPSA) is 62.5 Å². The van der Waals surface area contributed by atoms with Crippen LogP contribution >= 0.6 is 27.5 Å². The first-order valence-electron chi connectivity index (χ1n) is 8.92. The number of aliphatic carboxylic acids is 1. The van der Waals surface area contributed by atoms with Crippen LogP contribution in [0.25, 0.3) is 10.9 Å². The van der Waals surface area contributed by atoms with Crippen LogP contribution in [-0.2, 0) is 24.3 Å². The lowest BCUT2D eigenvalue weighted by atomic mass is 10.0. The van der Waals surface area contributed by atoms with Crippen molar-refractivity contribution < 1.29 is 14.7 Å². The summed E-state index contributed by atoms with van der Waals surface area (Å²) in [5.41, 5.74) is 4.41. The van der Waals surface area contributed by atoms with E-state index in [2.05, 4.69) is 15.9 Å². The number of halogens is 2. The van der Waals surface area contributed by atoms with Gasteiger partial charge in [0.05, 0.1) is 11.1 Å². The SMILES string of the molecule is Cc1cccc(C(=O)N2CCc3c(c4ccc(Cl)cc4n3CC(=O)O)C2)c1Br. The van der Waals surface area contributed by atoms with Crippen LogP contribution in [0.15, 0.2) is 40.9 Å². The fourth-order valence-corrected chi connectivity index (χ4v) is 4.49. The molecule has 1 aliphatic rings. The molecular formula is C21H18BrClN2O3. The van der Waals surface area contributed by atoms with Crippen LogP contribution < -0.4 is 0 Å². The Labute approximate surface area is 175 Å². The van der Waals surface area contributed by atoms with Crippen LogP contribution in [0, 0.1) is 6.92 Å². The fourth-order valence-electron chi connectivity index (χ4n) is 3.89. The first-order chi connectivity index (χ1) is 13.4. The molecule has 4 rings (SSSR count). The van der Waals surface area contributed by atoms with Gasteiger partial charge < -0.3 is 14.6 Å². The zero-order chi connectivity index (χ0) is 20.0. The van der Waals surface area contributed by atoms with E-state index in [0.717, 1.165) is 32.2 Å². The summed E-state index contributed by atoms with van der Waals surface area (Å²) in [6.45, 7) is 2.82. The van der Waals surface area contributed by atoms with E-state index in [4.69, 9.17) is 11.6 Å². The zero-order valence-electron chi connectivity index (χ0n) is 15.2. The van der Waals surface area contributed by atoms with Gasteiger partial charge in [0.15, 0.2) is 0 Å². The Hall–Kier alpha value is -2.31. The number of aromatic nitrogens is 1. The Morgan fingerprint density at radius 3 is 2.79 bits per heavy atom. The van der Waals surface area contributed by atoms with Gasteiger partial charge in [-0.05, 0) is 46.6 Å². The van der Waals surface area contributed by atoms with E-state index in [9.17, 15) is 14.7 Å². The van der Waals surface area contributed by atoms with Crippen molar-refractivity contribution in [1.82, 2.24) is 9.47 Å². The average molecular weight is 462 g/mol. The van der Waals surface area contributed by atoms with Gasteiger partial charge in [-0.25, -0.2) is 0 Å². The lowest BCUT2D eigenvalue weighted by molar-refractivity contribution is -0.137. The summed E-state index contributed by atoms with van der Waals surface area (Å²) in [6, 6.07) is 11.2. The zero-order valence-corrected chi connectivity index (χ0v) is 17.5. The second-order valence-electron chi connectivity index (χ2n) is 6.98. The highest BCUT2D eigenvalue weighted by molar-refractivity contribution is 9.10. The molecule has 0 spiro atoms. The number of benzene rings is 2. The monoisotopic (exact) mass is 460 g/mol. The summed E-state index contributed by atoms with van der Waals surface area (Å²) >= 11 is 9.68. The van der Waals surface area contributed by atoms with Crippen molar-refractivity contribution in [3.63, 3.8) is 0 Å². The fraction of sp³-hybridized carbons (Fsp3) is 0.238. The minimum Gasteiger partial charge on any atom is -0.480 e. The minimum absolute atomic E-state index is 0.0330. The number of hydrogen-bond donors (Lipinski definition) is 1. The highest BCUT2D eigenvalue weighted by Gasteiger charge is 2.28. The molecule has 0 unspecified atom stereocenters. The van der Waals surface area contributed by atoms with Gasteiger partial charge in [0.2, 0.25) is 0 Å². The molecule has 0 atom stereocenters. The molecule has 3 aromatic rings. The molecule has 2 heterocycles. The predicted octanol–water partition coefficient (Wildman–Crippen LogP) is 4.65. The van der Waals surface area contributed by atoms with Crippen molar-refractivity contribution in [1.29, 1.82) is 0 Å². The number of rotatable bonds is 3. The summed E-state index contributed by atoms with van der Waals surface area (Å²) in [5.74, 6) is -0.934. The van der Waals surface area contributed by atoms with Crippen LogP contribution in [-0.4, -0.2) is 33.0 Å². The summed E-state index contributed by atoms with van der Waals surface area (Å²) in [4.78, 5) is 26.3. The molecule has 144 valence electrons. The van der Waals surface area contributed by atoms with E-state index < -0.39 is 5.97 Å². The molecular weight excluding hydrogens is 444 g/mol. The molecule has 0 aliphatic carbocycles. The standard InChI is InChI=1S/C21H18BrClN2O3/c1-12-3-2-4-15(20(12)22)21(28)24-8-7-17-16(10-24)14-6-5-13(23)9-18(14)25(17)11-19(26)27/h2-6,9H,7-8,10-11H2,1H3,(H,26,27). The summed E-state index contributed by atoms with van der Waals surface area (Å²) in [7, 11) is 0. The van der Waals surface area contributed by atoms with Crippen LogP contribution in [0.2, 0.25) is 5.02 Å². The number of carbonyl (C=O) groups excluding carboxylic acids is 1. The second kappa shape index (κ2) is 7.26. The quantitative estimate of drug-likeness (QED) is 0.618. The molecule has 2 aromatic carbocycles. The van der Waals surface area contributed by atoms with Gasteiger partial charge in [0, 0.05) is 45.6 Å². The van der Waals surface area contributed by atoms with E-state index in [1.54, 1.807) is 12.1 Å². The summed E-state index contributed by atoms with van der Waals surface area (Å²) < 4.78 is 2.62. The number of nitrogens with zero attached hydrogens (tertiary/aromatic N) is 2. The number of carbonyl (C=O) groups is 2. The normalized spacial score (nSPS) is 13.6. The van der Waals surface area contributed by atoms with Crippen molar-refractivity contribution in [3.8, 4) is 0 Å². The van der Waals surface area contributed by atoms with E-state index in [-0.39, 0.29) is 12.5 Å². The van der Waals surface area contributed by atoms with Gasteiger partial charge in [0.25, 0.3) is 5.91 Å². The van der Waals surface area contributed by atoms with E-state index in [0.29, 0.717) is 30.1 Å². The van der Waals surface area contributed by atoms with Crippen LogP contribution in [0.1, 0.15) is 27.2 Å². The smallest absolute Gasteiger partial charge is 0.323 e. The Balaban J connectivity index is 1.76. The van der Waals surface area contributed by atoms with Crippen molar-refractivity contribution in [3.05, 3.63) is 68.3 Å². The lowest BCUT2D eigenvalue weighted by Gasteiger charge is -2.28. The molecule has 1 aliphatic heterocycles. The number of amides is 1. The van der Waals surface area contributed by atoms with Gasteiger partial charge in [0.1, 0.15) is 6.54 Å². The van der Waals surface area contributed by atoms with Gasteiger partial charge in [-0.2, -0.15) is 0 Å². The van der Waals surface area contributed by atoms with Crippen molar-refractivity contribution in [2.45, 2.75) is 26.4 Å². The maximum atomic E-state index is 13.1. The molecule has 1 aromatic heterocycles. The van der Waals surface area contributed by atoms with Crippen molar-refractivity contribution >= 4 is 50.3 Å². The van der Waals surface area contributed by atoms with Crippen LogP contribution in [0.4, 0.5) is 0 Å². The first kappa shape index (κ1) is 19.0. The second-order valence-corrected chi connectivity index (χ2v) is 8.21. The third-order valence-electron chi connectivity index (χ3n) is 5.22. The van der Waals surface area contributed by atoms with Gasteiger partial charge in [-0.3, -0.25) is 9.59 Å². The van der Waals surface area contributed by atoms with Crippen LogP contribution in [0.5, 0.6) is 0 Å². The van der Waals surface area contributed by atoms with Crippen molar-refractivity contribution in [2.24, 2.45) is 0 Å². The molecule has 1 N–H and O–H groups in total. The minimum atomic E-state index is -0.901. The highest BCUT2D eigenvalue weighted by atomic mass is 79.9. The Morgan fingerprint density at radius 1 is 1.25 bits per heavy atom. The number of carboxylic acids is 1. The molecule has 0 bridgehead atoms. The van der Waals surface area contributed by atoms with Gasteiger partial charge in [-0.15, -0.1) is 0 Å². The maximum absolute atomic E-state index is 13.1. The number of hydrogen-bond acceptors (Lipinski definition) is 2. The summed E-state index contributed by atoms with van der Waals surface area (Å²) in [5, 5.41) is 10.8. The molecule has 5 nitrogen and oxygen atoms in total. The molecule has 28 heavy (non-hydrogen) atoms. The molecule has 7 heteroatoms. The largest absolute Gasteiger partial charge is 0.480 e. The highest BCUT2D eigenvalue weighted by Crippen LogP contribution is 2.33. The maximum Gasteiger partial charge on any atom is 0.323 e. The lowest BCUT2D eigenvalue weighted by Crippen LogP contribution is -2.36. The van der Waals surface area contributed by atoms with E-state index >= 15 is 0 Å². The van der Waals surface area contributed by atoms with Gasteiger partial charge in [-0.1, -0.05) is 29.8 Å². The third-order valence-corrected chi connectivity index (χ3v) is 6.51. The molecule has 0 saturated carbocycles. The first-order valence-corrected chi connectivity index (χ1v) is 10.1. The molecule has 0 saturated heterocycles. The predicted molar refractivity (Wildman–Crippen MR) is 112 cm³/mol. The van der Waals surface area contributed by atoms with Crippen molar-refractivity contribution in [2.75, 3.05) is 6.54 Å². The van der Waals surface area contributed by atoms with Gasteiger partial charge >= 0.3 is 5.97 Å². The van der Waals surface area contributed by atoms with Crippen LogP contribution in [0.3, 0.4) is 0 Å². The van der Waals surface area contributed by atoms with E-state index in [1.807, 2.05) is 40.7 Å². The number of carboxylic acid groups (broad SMARTS) is 1. The average Bonchev–Trinajstić information content (AvgIpc) is 2.95. The Bertz CT molecular complexity index is 1120. The Morgan fingerprint density at radius 2 is 2.04 bits per heavy atom. The number of fused-ring (bicyclic) bond motifs is 3. The molecule has 0 fully saturated rings. The molecule has 0 radical (unpaired) electrons. The molecule has 1 amide bonds. The number of aryl methyl sites for hydroxylation is 1.